The lowest BCUT2D eigenvalue weighted by Crippen LogP contribution is -2.34. The molecule has 1 aliphatic heterocycles. The van der Waals surface area contributed by atoms with Gasteiger partial charge in [0.2, 0.25) is 0 Å². The Hall–Kier alpha value is 0.270. The number of likely N-dealkylation sites (tertiary alicyclic amines) is 1. The van der Waals surface area contributed by atoms with E-state index in [2.05, 4.69) is 30.5 Å². The largest absolute Gasteiger partial charge is 0.362 e. The summed E-state index contributed by atoms with van der Waals surface area (Å²) in [7, 11) is 0. The van der Waals surface area contributed by atoms with E-state index >= 15 is 0 Å². The van der Waals surface area contributed by atoms with Crippen LogP contribution in [0.3, 0.4) is 0 Å². The Labute approximate surface area is 131 Å². The molecular formula is C17H35NOS. The molecule has 0 aromatic rings. The van der Waals surface area contributed by atoms with E-state index in [0.717, 1.165) is 6.73 Å². The van der Waals surface area contributed by atoms with Crippen molar-refractivity contribution in [3.8, 4) is 0 Å². The highest BCUT2D eigenvalue weighted by molar-refractivity contribution is 7.99. The molecule has 1 rings (SSSR count). The minimum Gasteiger partial charge on any atom is -0.362 e. The van der Waals surface area contributed by atoms with Crippen molar-refractivity contribution in [1.82, 2.24) is 4.90 Å². The van der Waals surface area contributed by atoms with Gasteiger partial charge in [-0.3, -0.25) is 4.90 Å². The quantitative estimate of drug-likeness (QED) is 0.474. The third kappa shape index (κ3) is 9.25. The second-order valence-electron chi connectivity index (χ2n) is 6.02. The summed E-state index contributed by atoms with van der Waals surface area (Å²) in [5.74, 6) is 2.49. The molecule has 0 aromatic heterocycles. The molecule has 0 aromatic carbocycles. The summed E-state index contributed by atoms with van der Waals surface area (Å²) in [4.78, 5) is 2.49. The van der Waals surface area contributed by atoms with Gasteiger partial charge in [-0.25, -0.2) is 0 Å². The van der Waals surface area contributed by atoms with E-state index in [-0.39, 0.29) is 0 Å². The van der Waals surface area contributed by atoms with E-state index in [4.69, 9.17) is 4.74 Å². The molecule has 20 heavy (non-hydrogen) atoms. The maximum absolute atomic E-state index is 6.21. The number of thioether (sulfide) groups is 1. The minimum absolute atomic E-state index is 0.477. The molecule has 1 aliphatic rings. The van der Waals surface area contributed by atoms with Gasteiger partial charge in [0.05, 0.1) is 12.8 Å². The number of unbranched alkanes of at least 4 members (excludes halogenated alkanes) is 3. The van der Waals surface area contributed by atoms with E-state index in [0.29, 0.717) is 6.10 Å². The molecule has 0 saturated carbocycles. The van der Waals surface area contributed by atoms with Crippen molar-refractivity contribution in [1.29, 1.82) is 0 Å². The van der Waals surface area contributed by atoms with Crippen LogP contribution in [0.15, 0.2) is 0 Å². The van der Waals surface area contributed by atoms with Crippen LogP contribution < -0.4 is 0 Å². The summed E-state index contributed by atoms with van der Waals surface area (Å²) in [6.45, 7) is 7.90. The molecule has 3 heteroatoms. The van der Waals surface area contributed by atoms with Crippen molar-refractivity contribution in [3.05, 3.63) is 0 Å². The molecule has 0 radical (unpaired) electrons. The fourth-order valence-corrected chi connectivity index (χ4v) is 3.78. The van der Waals surface area contributed by atoms with Crippen LogP contribution in [-0.4, -0.2) is 42.3 Å². The molecule has 2 nitrogen and oxygen atoms in total. The average molecular weight is 302 g/mol. The van der Waals surface area contributed by atoms with E-state index in [1.54, 1.807) is 0 Å². The molecule has 0 bridgehead atoms. The van der Waals surface area contributed by atoms with Gasteiger partial charge >= 0.3 is 0 Å². The zero-order chi connectivity index (χ0) is 14.5. The highest BCUT2D eigenvalue weighted by atomic mass is 32.2. The van der Waals surface area contributed by atoms with E-state index < -0.39 is 0 Å². The first-order chi connectivity index (χ1) is 9.86. The first-order valence-corrected chi connectivity index (χ1v) is 9.94. The summed E-state index contributed by atoms with van der Waals surface area (Å²) in [6, 6.07) is 0. The van der Waals surface area contributed by atoms with Gasteiger partial charge in [-0.2, -0.15) is 11.8 Å². The zero-order valence-corrected chi connectivity index (χ0v) is 14.6. The van der Waals surface area contributed by atoms with Crippen LogP contribution >= 0.6 is 11.8 Å². The Morgan fingerprint density at radius 1 is 1.00 bits per heavy atom. The van der Waals surface area contributed by atoms with Crippen molar-refractivity contribution >= 4 is 11.8 Å². The predicted molar refractivity (Wildman–Crippen MR) is 91.5 cm³/mol. The van der Waals surface area contributed by atoms with Crippen LogP contribution in [0.25, 0.3) is 0 Å². The van der Waals surface area contributed by atoms with Gasteiger partial charge < -0.3 is 4.74 Å². The molecular weight excluding hydrogens is 266 g/mol. The van der Waals surface area contributed by atoms with Crippen molar-refractivity contribution < 1.29 is 4.74 Å². The second kappa shape index (κ2) is 13.0. The van der Waals surface area contributed by atoms with Crippen molar-refractivity contribution in [2.75, 3.05) is 31.3 Å². The van der Waals surface area contributed by atoms with Crippen LogP contribution in [-0.2, 0) is 4.74 Å². The third-order valence-electron chi connectivity index (χ3n) is 4.02. The molecule has 1 unspecified atom stereocenters. The van der Waals surface area contributed by atoms with Gasteiger partial charge in [0.1, 0.15) is 0 Å². The van der Waals surface area contributed by atoms with Crippen LogP contribution in [0.1, 0.15) is 71.6 Å². The average Bonchev–Trinajstić information content (AvgIpc) is 2.49. The van der Waals surface area contributed by atoms with Gasteiger partial charge in [0.25, 0.3) is 0 Å². The highest BCUT2D eigenvalue weighted by Gasteiger charge is 2.14. The van der Waals surface area contributed by atoms with Gasteiger partial charge in [-0.05, 0) is 31.4 Å². The number of hydrogen-bond acceptors (Lipinski definition) is 3. The normalized spacial score (nSPS) is 18.3. The van der Waals surface area contributed by atoms with Crippen molar-refractivity contribution in [2.24, 2.45) is 0 Å². The van der Waals surface area contributed by atoms with Crippen LogP contribution in [0.2, 0.25) is 0 Å². The molecule has 0 aliphatic carbocycles. The lowest BCUT2D eigenvalue weighted by molar-refractivity contribution is -0.0229. The minimum atomic E-state index is 0.477. The summed E-state index contributed by atoms with van der Waals surface area (Å²) >= 11 is 2.09. The SMILES string of the molecule is CCCCCC(CSCCCC)OCN1CCCCC1. The number of rotatable bonds is 12. The Bertz CT molecular complexity index is 207. The molecule has 1 fully saturated rings. The summed E-state index contributed by atoms with van der Waals surface area (Å²) < 4.78 is 6.21. The van der Waals surface area contributed by atoms with Crippen LogP contribution in [0.4, 0.5) is 0 Å². The van der Waals surface area contributed by atoms with Crippen LogP contribution in [0.5, 0.6) is 0 Å². The Morgan fingerprint density at radius 2 is 1.75 bits per heavy atom. The maximum Gasteiger partial charge on any atom is 0.0994 e. The molecule has 0 spiro atoms. The highest BCUT2D eigenvalue weighted by Crippen LogP contribution is 2.16. The second-order valence-corrected chi connectivity index (χ2v) is 7.17. The Kier molecular flexibility index (Phi) is 11.9. The summed E-state index contributed by atoms with van der Waals surface area (Å²) in [6.07, 6.45) is 12.5. The third-order valence-corrected chi connectivity index (χ3v) is 5.20. The lowest BCUT2D eigenvalue weighted by Gasteiger charge is -2.28. The molecule has 1 heterocycles. The first-order valence-electron chi connectivity index (χ1n) is 8.78. The molecule has 120 valence electrons. The van der Waals surface area contributed by atoms with Crippen molar-refractivity contribution in [2.45, 2.75) is 77.7 Å². The Balaban J connectivity index is 2.17. The number of ether oxygens (including phenoxy) is 1. The fraction of sp³-hybridized carbons (Fsp3) is 1.00. The molecule has 0 amide bonds. The molecule has 1 saturated heterocycles. The van der Waals surface area contributed by atoms with E-state index in [1.165, 1.54) is 82.4 Å². The molecule has 1 atom stereocenters. The smallest absolute Gasteiger partial charge is 0.0994 e. The zero-order valence-electron chi connectivity index (χ0n) is 13.7. The van der Waals surface area contributed by atoms with E-state index in [9.17, 15) is 0 Å². The van der Waals surface area contributed by atoms with Gasteiger partial charge in [-0.1, -0.05) is 46.0 Å². The van der Waals surface area contributed by atoms with Gasteiger partial charge in [0, 0.05) is 18.8 Å². The first kappa shape index (κ1) is 18.3. The maximum atomic E-state index is 6.21. The molecule has 0 N–H and O–H groups in total. The summed E-state index contributed by atoms with van der Waals surface area (Å²) in [5.41, 5.74) is 0. The number of piperidine rings is 1. The number of nitrogens with zero attached hydrogens (tertiary/aromatic N) is 1. The monoisotopic (exact) mass is 301 g/mol. The van der Waals surface area contributed by atoms with Crippen LogP contribution in [0, 0.1) is 0 Å². The number of hydrogen-bond donors (Lipinski definition) is 0. The van der Waals surface area contributed by atoms with Gasteiger partial charge in [-0.15, -0.1) is 0 Å². The van der Waals surface area contributed by atoms with Crippen molar-refractivity contribution in [3.63, 3.8) is 0 Å². The standard InChI is InChI=1S/C17H35NOS/c1-3-5-8-11-17(15-20-14-6-4-2)19-16-18-12-9-7-10-13-18/h17H,3-16H2,1-2H3. The fourth-order valence-electron chi connectivity index (χ4n) is 2.60. The Morgan fingerprint density at radius 3 is 2.45 bits per heavy atom. The summed E-state index contributed by atoms with van der Waals surface area (Å²) in [5, 5.41) is 0. The topological polar surface area (TPSA) is 12.5 Å². The lowest BCUT2D eigenvalue weighted by atomic mass is 10.1. The van der Waals surface area contributed by atoms with E-state index in [1.807, 2.05) is 0 Å². The van der Waals surface area contributed by atoms with Gasteiger partial charge in [0.15, 0.2) is 0 Å². The predicted octanol–water partition coefficient (Wildman–Crippen LogP) is 4.93.